The first-order valence-corrected chi connectivity index (χ1v) is 8.49. The van der Waals surface area contributed by atoms with Gasteiger partial charge < -0.3 is 10.1 Å². The fourth-order valence-electron chi connectivity index (χ4n) is 2.66. The normalized spacial score (nSPS) is 11.4. The third-order valence-corrected chi connectivity index (χ3v) is 3.72. The highest BCUT2D eigenvalue weighted by atomic mass is 19.1. The maximum Gasteiger partial charge on any atom is 0.408 e. The number of nitrogens with zero attached hydrogens (tertiary/aromatic N) is 2. The van der Waals surface area contributed by atoms with Gasteiger partial charge in [-0.15, -0.1) is 0 Å². The van der Waals surface area contributed by atoms with Gasteiger partial charge in [0.25, 0.3) is 5.56 Å². The number of rotatable bonds is 3. The van der Waals surface area contributed by atoms with Gasteiger partial charge in [0, 0.05) is 0 Å². The Balaban J connectivity index is 2.08. The van der Waals surface area contributed by atoms with Crippen LogP contribution in [0.5, 0.6) is 0 Å². The number of nitrogens with one attached hydrogen (secondary N) is 1. The molecule has 0 bridgehead atoms. The minimum atomic E-state index is -0.650. The molecule has 7 heteroatoms. The molecule has 0 aliphatic heterocycles. The molecule has 0 unspecified atom stereocenters. The van der Waals surface area contributed by atoms with E-state index < -0.39 is 23.1 Å². The summed E-state index contributed by atoms with van der Waals surface area (Å²) in [6.45, 7) is 5.21. The molecule has 0 spiro atoms. The fraction of sp³-hybridized carbons (Fsp3) is 0.250. The van der Waals surface area contributed by atoms with E-state index in [0.717, 1.165) is 0 Å². The molecule has 1 amide bonds. The van der Waals surface area contributed by atoms with E-state index in [2.05, 4.69) is 10.3 Å². The van der Waals surface area contributed by atoms with Crippen molar-refractivity contribution in [1.82, 2.24) is 14.9 Å². The molecule has 0 radical (unpaired) electrons. The Kier molecular flexibility index (Phi) is 4.94. The van der Waals surface area contributed by atoms with Crippen LogP contribution in [-0.4, -0.2) is 21.2 Å². The van der Waals surface area contributed by atoms with E-state index in [-0.39, 0.29) is 23.3 Å². The lowest BCUT2D eigenvalue weighted by Gasteiger charge is -2.20. The zero-order chi connectivity index (χ0) is 19.6. The topological polar surface area (TPSA) is 73.2 Å². The summed E-state index contributed by atoms with van der Waals surface area (Å²) in [4.78, 5) is 29.4. The molecule has 1 aromatic heterocycles. The molecular formula is C20H20FN3O3. The van der Waals surface area contributed by atoms with Crippen molar-refractivity contribution in [3.63, 3.8) is 0 Å². The molecule has 27 heavy (non-hydrogen) atoms. The second-order valence-electron chi connectivity index (χ2n) is 6.99. The summed E-state index contributed by atoms with van der Waals surface area (Å²) in [7, 11) is 0. The van der Waals surface area contributed by atoms with Gasteiger partial charge in [-0.2, -0.15) is 0 Å². The van der Waals surface area contributed by atoms with Gasteiger partial charge in [0.15, 0.2) is 0 Å². The number of benzene rings is 2. The Bertz CT molecular complexity index is 1040. The number of halogens is 1. The van der Waals surface area contributed by atoms with Crippen LogP contribution in [0, 0.1) is 5.82 Å². The first-order valence-electron chi connectivity index (χ1n) is 8.49. The van der Waals surface area contributed by atoms with Gasteiger partial charge in [0.05, 0.1) is 17.7 Å². The average molecular weight is 369 g/mol. The summed E-state index contributed by atoms with van der Waals surface area (Å²) in [5.74, 6) is -0.364. The minimum absolute atomic E-state index is 0.0501. The quantitative estimate of drug-likeness (QED) is 0.766. The average Bonchev–Trinajstić information content (AvgIpc) is 2.59. The molecule has 0 aliphatic rings. The maximum absolute atomic E-state index is 14.2. The first-order chi connectivity index (χ1) is 12.8. The van der Waals surface area contributed by atoms with Crippen molar-refractivity contribution in [3.8, 4) is 5.69 Å². The van der Waals surface area contributed by atoms with Crippen molar-refractivity contribution < 1.29 is 13.9 Å². The predicted molar refractivity (Wildman–Crippen MR) is 100 cm³/mol. The Hall–Kier alpha value is -3.22. The number of ether oxygens (including phenoxy) is 1. The van der Waals surface area contributed by atoms with Gasteiger partial charge in [0.1, 0.15) is 22.6 Å². The number of amides is 1. The lowest BCUT2D eigenvalue weighted by Crippen LogP contribution is -2.34. The number of fused-ring (bicyclic) bond motifs is 1. The van der Waals surface area contributed by atoms with Gasteiger partial charge in [0.2, 0.25) is 0 Å². The van der Waals surface area contributed by atoms with Crippen molar-refractivity contribution in [1.29, 1.82) is 0 Å². The predicted octanol–water partition coefficient (Wildman–Crippen LogP) is 3.55. The van der Waals surface area contributed by atoms with E-state index in [0.29, 0.717) is 5.69 Å². The summed E-state index contributed by atoms with van der Waals surface area (Å²) in [6, 6.07) is 13.0. The minimum Gasteiger partial charge on any atom is -0.444 e. The number of carbonyl (C=O) groups is 1. The lowest BCUT2D eigenvalue weighted by atomic mass is 10.2. The van der Waals surface area contributed by atoms with Crippen LogP contribution in [0.4, 0.5) is 9.18 Å². The third-order valence-electron chi connectivity index (χ3n) is 3.72. The maximum atomic E-state index is 14.2. The number of para-hydroxylation sites is 1. The molecule has 1 heterocycles. The molecule has 2 aromatic carbocycles. The van der Waals surface area contributed by atoms with E-state index >= 15 is 0 Å². The zero-order valence-corrected chi connectivity index (χ0v) is 15.3. The molecule has 0 fully saturated rings. The van der Waals surface area contributed by atoms with Crippen molar-refractivity contribution in [2.45, 2.75) is 32.9 Å². The van der Waals surface area contributed by atoms with Gasteiger partial charge in [-0.1, -0.05) is 24.3 Å². The van der Waals surface area contributed by atoms with Crippen LogP contribution in [0.3, 0.4) is 0 Å². The molecule has 1 N–H and O–H groups in total. The van der Waals surface area contributed by atoms with E-state index in [1.54, 1.807) is 51.1 Å². The number of hydrogen-bond acceptors (Lipinski definition) is 4. The van der Waals surface area contributed by atoms with Gasteiger partial charge in [-0.3, -0.25) is 9.36 Å². The Morgan fingerprint density at radius 3 is 2.52 bits per heavy atom. The number of aromatic nitrogens is 2. The van der Waals surface area contributed by atoms with Crippen molar-refractivity contribution in [3.05, 3.63) is 70.5 Å². The summed E-state index contributed by atoms with van der Waals surface area (Å²) in [6.07, 6.45) is -0.629. The van der Waals surface area contributed by atoms with Crippen molar-refractivity contribution >= 4 is 17.0 Å². The summed E-state index contributed by atoms with van der Waals surface area (Å²) < 4.78 is 20.7. The van der Waals surface area contributed by atoms with Crippen LogP contribution in [0.2, 0.25) is 0 Å². The Morgan fingerprint density at radius 1 is 1.15 bits per heavy atom. The summed E-state index contributed by atoms with van der Waals surface area (Å²) in [5, 5.41) is 2.50. The highest BCUT2D eigenvalue weighted by Crippen LogP contribution is 2.16. The molecule has 3 aromatic rings. The number of carbonyl (C=O) groups excluding carboxylic acids is 1. The summed E-state index contributed by atoms with van der Waals surface area (Å²) >= 11 is 0. The molecule has 0 atom stereocenters. The monoisotopic (exact) mass is 369 g/mol. The van der Waals surface area contributed by atoms with Crippen LogP contribution in [-0.2, 0) is 11.3 Å². The van der Waals surface area contributed by atoms with Crippen molar-refractivity contribution in [2.75, 3.05) is 0 Å². The molecule has 140 valence electrons. The van der Waals surface area contributed by atoms with E-state index in [1.807, 2.05) is 6.07 Å². The molecule has 0 saturated carbocycles. The van der Waals surface area contributed by atoms with Crippen LogP contribution < -0.4 is 10.9 Å². The molecule has 6 nitrogen and oxygen atoms in total. The zero-order valence-electron chi connectivity index (χ0n) is 15.3. The van der Waals surface area contributed by atoms with E-state index in [4.69, 9.17) is 4.74 Å². The highest BCUT2D eigenvalue weighted by molar-refractivity contribution is 5.78. The standard InChI is InChI=1S/C20H20FN3O3/c1-20(2,3)27-19(26)22-12-16-23-15-11-7-10-14(21)17(15)18(25)24(16)13-8-5-4-6-9-13/h4-11H,12H2,1-3H3,(H,22,26). The number of hydrogen-bond donors (Lipinski definition) is 1. The Labute approximate surface area is 155 Å². The van der Waals surface area contributed by atoms with E-state index in [9.17, 15) is 14.0 Å². The van der Waals surface area contributed by atoms with Crippen molar-refractivity contribution in [2.24, 2.45) is 0 Å². The van der Waals surface area contributed by atoms with E-state index in [1.165, 1.54) is 16.7 Å². The molecule has 0 saturated heterocycles. The molecular weight excluding hydrogens is 349 g/mol. The van der Waals surface area contributed by atoms with Gasteiger partial charge in [-0.25, -0.2) is 14.2 Å². The Morgan fingerprint density at radius 2 is 1.85 bits per heavy atom. The summed E-state index contributed by atoms with van der Waals surface area (Å²) in [5.41, 5.74) is -0.428. The SMILES string of the molecule is CC(C)(C)OC(=O)NCc1nc2cccc(F)c2c(=O)n1-c1ccccc1. The number of alkyl carbamates (subject to hydrolysis) is 1. The van der Waals surface area contributed by atoms with Crippen LogP contribution in [0.15, 0.2) is 53.3 Å². The molecule has 0 aliphatic carbocycles. The van der Waals surface area contributed by atoms with Crippen LogP contribution in [0.25, 0.3) is 16.6 Å². The second kappa shape index (κ2) is 7.19. The third kappa shape index (κ3) is 4.13. The van der Waals surface area contributed by atoms with Crippen LogP contribution >= 0.6 is 0 Å². The van der Waals surface area contributed by atoms with Crippen LogP contribution in [0.1, 0.15) is 26.6 Å². The highest BCUT2D eigenvalue weighted by Gasteiger charge is 2.19. The fourth-order valence-corrected chi connectivity index (χ4v) is 2.66. The first kappa shape index (κ1) is 18.6. The van der Waals surface area contributed by atoms with Gasteiger partial charge >= 0.3 is 6.09 Å². The largest absolute Gasteiger partial charge is 0.444 e. The van der Waals surface area contributed by atoms with Gasteiger partial charge in [-0.05, 0) is 45.0 Å². The second-order valence-corrected chi connectivity index (χ2v) is 6.99. The molecule has 3 rings (SSSR count). The smallest absolute Gasteiger partial charge is 0.408 e. The lowest BCUT2D eigenvalue weighted by molar-refractivity contribution is 0.0522.